The number of nitrogens with one attached hydrogen (secondary N) is 2. The molecule has 0 radical (unpaired) electrons. The first-order valence-electron chi connectivity index (χ1n) is 13.8. The van der Waals surface area contributed by atoms with Crippen molar-refractivity contribution in [1.29, 1.82) is 0 Å². The van der Waals surface area contributed by atoms with E-state index >= 15 is 0 Å². The first-order valence-corrected chi connectivity index (χ1v) is 13.8. The molecule has 2 heterocycles. The van der Waals surface area contributed by atoms with Crippen LogP contribution in [0.25, 0.3) is 0 Å². The monoisotopic (exact) mass is 579 g/mol. The van der Waals surface area contributed by atoms with E-state index in [0.717, 1.165) is 11.1 Å². The predicted molar refractivity (Wildman–Crippen MR) is 151 cm³/mol. The first-order chi connectivity index (χ1) is 19.4. The number of rotatable bonds is 8. The number of allylic oxidation sites excluding steroid dienone is 2. The molecule has 2 N–H and O–H groups in total. The number of ketones is 1. The highest BCUT2D eigenvalue weighted by atomic mass is 16.6. The summed E-state index contributed by atoms with van der Waals surface area (Å²) in [6, 6.07) is 3.75. The van der Waals surface area contributed by atoms with E-state index in [4.69, 9.17) is 9.47 Å². The molecule has 1 spiro atoms. The number of benzene rings is 1. The third-order valence-corrected chi connectivity index (χ3v) is 8.06. The molecule has 224 valence electrons. The van der Waals surface area contributed by atoms with Crippen LogP contribution in [0.15, 0.2) is 41.6 Å². The van der Waals surface area contributed by atoms with Crippen molar-refractivity contribution >= 4 is 35.9 Å². The highest BCUT2D eigenvalue weighted by Gasteiger charge is 2.67. The number of nitrogens with zero attached hydrogens (tertiary/aromatic N) is 1. The molecule has 3 atom stereocenters. The number of carbonyl (C=O) groups is 6. The summed E-state index contributed by atoms with van der Waals surface area (Å²) in [7, 11) is 0. The van der Waals surface area contributed by atoms with Crippen LogP contribution in [0, 0.1) is 19.3 Å². The number of amides is 4. The molecule has 2 saturated heterocycles. The van der Waals surface area contributed by atoms with E-state index in [1.54, 1.807) is 39.8 Å². The summed E-state index contributed by atoms with van der Waals surface area (Å²) in [5.74, 6) is -2.36. The minimum absolute atomic E-state index is 0.0614. The van der Waals surface area contributed by atoms with E-state index < -0.39 is 51.9 Å². The second kappa shape index (κ2) is 10.2. The lowest BCUT2D eigenvalue weighted by atomic mass is 9.64. The highest BCUT2D eigenvalue weighted by molar-refractivity contribution is 6.16. The van der Waals surface area contributed by atoms with Gasteiger partial charge >= 0.3 is 6.09 Å². The number of aldehydes is 1. The summed E-state index contributed by atoms with van der Waals surface area (Å²) in [5, 5.41) is 5.53. The van der Waals surface area contributed by atoms with Crippen LogP contribution in [0.4, 0.5) is 4.79 Å². The van der Waals surface area contributed by atoms with Gasteiger partial charge in [0.1, 0.15) is 11.3 Å². The van der Waals surface area contributed by atoms with Gasteiger partial charge in [0, 0.05) is 23.1 Å². The van der Waals surface area contributed by atoms with Crippen molar-refractivity contribution in [1.82, 2.24) is 15.5 Å². The Balaban J connectivity index is 1.70. The van der Waals surface area contributed by atoms with Crippen molar-refractivity contribution < 1.29 is 38.2 Å². The fourth-order valence-electron chi connectivity index (χ4n) is 5.58. The topological polar surface area (TPSA) is 148 Å². The zero-order valence-electron chi connectivity index (χ0n) is 25.2. The SMILES string of the molecule is CCC1(Oc2ccc(C)cc2C)C(=O)NC12C=CC(C=O)=C(NC(=O)C(C(=O)C(C)(C)C)N1C(=O)OC(C)(C)C1=O)C2. The molecule has 4 rings (SSSR count). The minimum atomic E-state index is -1.85. The molecule has 0 aromatic heterocycles. The quantitative estimate of drug-likeness (QED) is 0.271. The number of hydrogen-bond donors (Lipinski definition) is 2. The summed E-state index contributed by atoms with van der Waals surface area (Å²) in [6.45, 7) is 13.0. The number of aryl methyl sites for hydroxylation is 2. The lowest BCUT2D eigenvalue weighted by Crippen LogP contribution is -2.83. The van der Waals surface area contributed by atoms with Crippen molar-refractivity contribution in [3.63, 3.8) is 0 Å². The molecule has 0 saturated carbocycles. The molecule has 3 unspecified atom stereocenters. The maximum atomic E-state index is 13.8. The maximum Gasteiger partial charge on any atom is 0.418 e. The van der Waals surface area contributed by atoms with Crippen molar-refractivity contribution in [2.75, 3.05) is 0 Å². The second-order valence-electron chi connectivity index (χ2n) is 12.6. The van der Waals surface area contributed by atoms with E-state index in [2.05, 4.69) is 10.6 Å². The molecule has 1 aromatic carbocycles. The van der Waals surface area contributed by atoms with E-state index in [-0.39, 0.29) is 30.0 Å². The maximum absolute atomic E-state index is 13.8. The standard InChI is InChI=1S/C31H37N3O8/c1-9-31(41-21-11-10-17(2)14-18(21)3)25(38)33-30(31)13-12-19(16-35)20(15-30)32-24(37)22(23(36)28(4,5)6)34-26(39)29(7,8)42-27(34)40/h10-14,16,22H,9,15H2,1-8H3,(H,32,37)(H,33,38). The summed E-state index contributed by atoms with van der Waals surface area (Å²) in [4.78, 5) is 78.8. The molecule has 3 aliphatic rings. The first kappa shape index (κ1) is 30.7. The average Bonchev–Trinajstić information content (AvgIpc) is 3.09. The van der Waals surface area contributed by atoms with Crippen LogP contribution < -0.4 is 15.4 Å². The number of hydrogen-bond acceptors (Lipinski definition) is 8. The Morgan fingerprint density at radius 1 is 1.19 bits per heavy atom. The van der Waals surface area contributed by atoms with Gasteiger partial charge in [-0.05, 0) is 45.7 Å². The average molecular weight is 580 g/mol. The number of ether oxygens (including phenoxy) is 2. The number of carbonyl (C=O) groups excluding carboxylic acids is 6. The Kier molecular flexibility index (Phi) is 7.46. The van der Waals surface area contributed by atoms with Gasteiger partial charge in [0.05, 0.1) is 0 Å². The van der Waals surface area contributed by atoms with Crippen LogP contribution in [-0.2, 0) is 28.7 Å². The molecule has 1 aliphatic carbocycles. The van der Waals surface area contributed by atoms with Gasteiger partial charge in [0.15, 0.2) is 23.7 Å². The minimum Gasteiger partial charge on any atom is -0.474 e. The fourth-order valence-corrected chi connectivity index (χ4v) is 5.58. The van der Waals surface area contributed by atoms with Gasteiger partial charge in [-0.25, -0.2) is 9.69 Å². The highest BCUT2D eigenvalue weighted by Crippen LogP contribution is 2.46. The Bertz CT molecular complexity index is 1470. The number of Topliss-reactive ketones (excluding diaryl/α,β-unsaturated/α-hetero) is 1. The molecule has 4 amide bonds. The Hall–Kier alpha value is -4.28. The van der Waals surface area contributed by atoms with Crippen LogP contribution in [-0.4, -0.2) is 63.6 Å². The zero-order valence-corrected chi connectivity index (χ0v) is 25.2. The lowest BCUT2D eigenvalue weighted by molar-refractivity contribution is -0.165. The largest absolute Gasteiger partial charge is 0.474 e. The van der Waals surface area contributed by atoms with Gasteiger partial charge in [0.25, 0.3) is 17.7 Å². The summed E-state index contributed by atoms with van der Waals surface area (Å²) in [5.41, 5.74) is -3.13. The molecule has 11 heteroatoms. The van der Waals surface area contributed by atoms with Crippen LogP contribution in [0.5, 0.6) is 5.75 Å². The van der Waals surface area contributed by atoms with Crippen LogP contribution in [0.3, 0.4) is 0 Å². The van der Waals surface area contributed by atoms with Gasteiger partial charge in [-0.1, -0.05) is 57.5 Å². The van der Waals surface area contributed by atoms with Gasteiger partial charge in [-0.2, -0.15) is 0 Å². The van der Waals surface area contributed by atoms with Gasteiger partial charge < -0.3 is 20.1 Å². The third kappa shape index (κ3) is 4.80. The predicted octanol–water partition coefficient (Wildman–Crippen LogP) is 2.97. The number of imide groups is 1. The van der Waals surface area contributed by atoms with E-state index in [0.29, 0.717) is 16.9 Å². The molecular weight excluding hydrogens is 542 g/mol. The van der Waals surface area contributed by atoms with Crippen molar-refractivity contribution in [2.45, 2.75) is 91.0 Å². The van der Waals surface area contributed by atoms with Crippen molar-refractivity contribution in [3.05, 3.63) is 52.7 Å². The fraction of sp³-hybridized carbons (Fsp3) is 0.484. The van der Waals surface area contributed by atoms with Crippen LogP contribution in [0.2, 0.25) is 0 Å². The summed E-state index contributed by atoms with van der Waals surface area (Å²) < 4.78 is 11.6. The van der Waals surface area contributed by atoms with Crippen LogP contribution in [0.1, 0.15) is 65.5 Å². The molecule has 0 bridgehead atoms. The third-order valence-electron chi connectivity index (χ3n) is 8.06. The zero-order chi connectivity index (χ0) is 31.4. The molecule has 2 aliphatic heterocycles. The molecule has 2 fully saturated rings. The lowest BCUT2D eigenvalue weighted by Gasteiger charge is -2.57. The van der Waals surface area contributed by atoms with Gasteiger partial charge in [0.2, 0.25) is 5.60 Å². The van der Waals surface area contributed by atoms with E-state index in [9.17, 15) is 28.8 Å². The van der Waals surface area contributed by atoms with E-state index in [1.807, 2.05) is 26.0 Å². The molecule has 11 nitrogen and oxygen atoms in total. The Morgan fingerprint density at radius 2 is 1.86 bits per heavy atom. The Morgan fingerprint density at radius 3 is 2.36 bits per heavy atom. The van der Waals surface area contributed by atoms with Crippen LogP contribution >= 0.6 is 0 Å². The van der Waals surface area contributed by atoms with E-state index in [1.165, 1.54) is 19.9 Å². The molecule has 1 aromatic rings. The number of β-lactam (4-membered cyclic amide) rings is 1. The normalized spacial score (nSPS) is 25.5. The second-order valence-corrected chi connectivity index (χ2v) is 12.6. The van der Waals surface area contributed by atoms with Crippen molar-refractivity contribution in [2.24, 2.45) is 5.41 Å². The number of cyclic esters (lactones) is 1. The molecular formula is C31H37N3O8. The van der Waals surface area contributed by atoms with Gasteiger partial charge in [-0.3, -0.25) is 24.0 Å². The molecule has 42 heavy (non-hydrogen) atoms. The smallest absolute Gasteiger partial charge is 0.418 e. The summed E-state index contributed by atoms with van der Waals surface area (Å²) in [6.07, 6.45) is 2.77. The summed E-state index contributed by atoms with van der Waals surface area (Å²) >= 11 is 0. The van der Waals surface area contributed by atoms with Crippen molar-refractivity contribution in [3.8, 4) is 5.75 Å². The van der Waals surface area contributed by atoms with Gasteiger partial charge in [-0.15, -0.1) is 0 Å². The Labute approximate surface area is 244 Å².